The molecule has 0 atom stereocenters. The van der Waals surface area contributed by atoms with E-state index >= 15 is 0 Å². The van der Waals surface area contributed by atoms with Crippen LogP contribution >= 0.6 is 11.6 Å². The zero-order chi connectivity index (χ0) is 8.32. The number of sulfone groups is 1. The maximum atomic E-state index is 11.0. The smallest absolute Gasteiger partial charge is 0.0651 e. The summed E-state index contributed by atoms with van der Waals surface area (Å²) in [5, 5.41) is 0.669. The van der Waals surface area contributed by atoms with Crippen LogP contribution in [0.2, 0.25) is 0 Å². The zero-order valence-electron chi connectivity index (χ0n) is 5.57. The Morgan fingerprint density at radius 3 is 2.18 bits per heavy atom. The van der Waals surface area contributed by atoms with Crippen molar-refractivity contribution in [2.24, 2.45) is 0 Å². The minimum atomic E-state index is -3.36. The van der Waals surface area contributed by atoms with E-state index in [4.69, 9.17) is 11.6 Å². The average molecular weight is 190 g/mol. The molecule has 60 valence electrons. The lowest BCUT2D eigenvalue weighted by molar-refractivity contribution is 0.603. The van der Waals surface area contributed by atoms with E-state index in [2.05, 4.69) is 0 Å². The molecule has 1 aromatic rings. The van der Waals surface area contributed by atoms with Crippen molar-refractivity contribution in [3.8, 4) is 0 Å². The van der Waals surface area contributed by atoms with Crippen LogP contribution in [0.3, 0.4) is 0 Å². The SMILES string of the molecule is O=S(=O)([CH-]Cl)c1ccccc1. The minimum absolute atomic E-state index is 0.218. The van der Waals surface area contributed by atoms with Gasteiger partial charge in [-0.05, 0) is 12.1 Å². The summed E-state index contributed by atoms with van der Waals surface area (Å²) in [7, 11) is -3.36. The summed E-state index contributed by atoms with van der Waals surface area (Å²) in [5.74, 6) is 0. The second kappa shape index (κ2) is 3.24. The van der Waals surface area contributed by atoms with Crippen molar-refractivity contribution in [2.45, 2.75) is 4.90 Å². The van der Waals surface area contributed by atoms with Crippen LogP contribution in [0.5, 0.6) is 0 Å². The van der Waals surface area contributed by atoms with E-state index in [9.17, 15) is 8.42 Å². The third-order valence-corrected chi connectivity index (χ3v) is 3.06. The van der Waals surface area contributed by atoms with Gasteiger partial charge in [0, 0.05) is 4.90 Å². The molecule has 0 aliphatic rings. The second-order valence-electron chi connectivity index (χ2n) is 1.95. The number of hydrogen-bond acceptors (Lipinski definition) is 2. The maximum Gasteiger partial charge on any atom is 0.0651 e. The first-order valence-electron chi connectivity index (χ1n) is 2.90. The molecular weight excluding hydrogens is 184 g/mol. The van der Waals surface area contributed by atoms with Crippen molar-refractivity contribution in [2.75, 3.05) is 0 Å². The van der Waals surface area contributed by atoms with Crippen LogP contribution < -0.4 is 0 Å². The van der Waals surface area contributed by atoms with Crippen LogP contribution in [0.25, 0.3) is 0 Å². The first-order valence-corrected chi connectivity index (χ1v) is 4.88. The molecule has 0 saturated carbocycles. The summed E-state index contributed by atoms with van der Waals surface area (Å²) in [6, 6.07) is 8.02. The summed E-state index contributed by atoms with van der Waals surface area (Å²) < 4.78 is 22.0. The van der Waals surface area contributed by atoms with Gasteiger partial charge in [-0.1, -0.05) is 18.2 Å². The van der Waals surface area contributed by atoms with Gasteiger partial charge in [0.2, 0.25) is 0 Å². The van der Waals surface area contributed by atoms with Gasteiger partial charge in [-0.3, -0.25) is 8.42 Å². The van der Waals surface area contributed by atoms with Crippen molar-refractivity contribution in [1.82, 2.24) is 0 Å². The second-order valence-corrected chi connectivity index (χ2v) is 4.22. The van der Waals surface area contributed by atoms with Crippen molar-refractivity contribution >= 4 is 21.4 Å². The lowest BCUT2D eigenvalue weighted by Crippen LogP contribution is -1.96. The lowest BCUT2D eigenvalue weighted by atomic mass is 10.4. The van der Waals surface area contributed by atoms with Gasteiger partial charge in [-0.15, -0.1) is 5.21 Å². The normalized spacial score (nSPS) is 11.4. The molecule has 1 rings (SSSR count). The van der Waals surface area contributed by atoms with Crippen LogP contribution in [0.4, 0.5) is 0 Å². The maximum absolute atomic E-state index is 11.0. The van der Waals surface area contributed by atoms with Gasteiger partial charge in [0.05, 0.1) is 9.84 Å². The molecule has 4 heteroatoms. The van der Waals surface area contributed by atoms with E-state index in [1.807, 2.05) is 0 Å². The Morgan fingerprint density at radius 2 is 1.73 bits per heavy atom. The standard InChI is InChI=1S/C7H6ClO2S/c8-6-11(9,10)7-4-2-1-3-5-7/h1-6H/q-1. The molecule has 0 unspecified atom stereocenters. The predicted molar refractivity (Wildman–Crippen MR) is 43.8 cm³/mol. The van der Waals surface area contributed by atoms with E-state index in [0.717, 1.165) is 0 Å². The van der Waals surface area contributed by atoms with Crippen molar-refractivity contribution in [3.05, 3.63) is 35.5 Å². The molecule has 0 spiro atoms. The fourth-order valence-corrected chi connectivity index (χ4v) is 1.61. The predicted octanol–water partition coefficient (Wildman–Crippen LogP) is 1.82. The summed E-state index contributed by atoms with van der Waals surface area (Å²) >= 11 is 5.11. The molecule has 11 heavy (non-hydrogen) atoms. The average Bonchev–Trinajstić information content (AvgIpc) is 2.06. The van der Waals surface area contributed by atoms with E-state index in [-0.39, 0.29) is 4.90 Å². The molecule has 0 fully saturated rings. The van der Waals surface area contributed by atoms with E-state index in [1.165, 1.54) is 12.1 Å². The lowest BCUT2D eigenvalue weighted by Gasteiger charge is -2.05. The summed E-state index contributed by atoms with van der Waals surface area (Å²) in [6.07, 6.45) is 0. The van der Waals surface area contributed by atoms with Crippen LogP contribution in [-0.2, 0) is 9.84 Å². The van der Waals surface area contributed by atoms with Gasteiger partial charge < -0.3 is 11.6 Å². The number of halogens is 1. The molecule has 0 N–H and O–H groups in total. The monoisotopic (exact) mass is 189 g/mol. The Hall–Kier alpha value is -0.540. The van der Waals surface area contributed by atoms with Crippen molar-refractivity contribution in [3.63, 3.8) is 0 Å². The number of benzene rings is 1. The quantitative estimate of drug-likeness (QED) is 0.666. The van der Waals surface area contributed by atoms with Gasteiger partial charge in [-0.2, -0.15) is 0 Å². The Bertz CT molecular complexity index is 318. The molecule has 0 aromatic heterocycles. The molecule has 0 heterocycles. The van der Waals surface area contributed by atoms with Crippen LogP contribution in [0, 0.1) is 5.21 Å². The van der Waals surface area contributed by atoms with E-state index in [0.29, 0.717) is 5.21 Å². The summed E-state index contributed by atoms with van der Waals surface area (Å²) in [5.41, 5.74) is 0. The zero-order valence-corrected chi connectivity index (χ0v) is 7.14. The molecule has 0 bridgehead atoms. The van der Waals surface area contributed by atoms with Gasteiger partial charge >= 0.3 is 0 Å². The van der Waals surface area contributed by atoms with Crippen LogP contribution in [-0.4, -0.2) is 8.42 Å². The molecule has 1 aromatic carbocycles. The molecule has 0 radical (unpaired) electrons. The topological polar surface area (TPSA) is 34.1 Å². The third kappa shape index (κ3) is 1.94. The fraction of sp³-hybridized carbons (Fsp3) is 0. The Morgan fingerprint density at radius 1 is 1.18 bits per heavy atom. The number of rotatable bonds is 2. The number of hydrogen-bond donors (Lipinski definition) is 0. The van der Waals surface area contributed by atoms with Crippen LogP contribution in [0.1, 0.15) is 0 Å². The highest BCUT2D eigenvalue weighted by molar-refractivity contribution is 7.94. The highest BCUT2D eigenvalue weighted by Crippen LogP contribution is 2.13. The summed E-state index contributed by atoms with van der Waals surface area (Å²) in [4.78, 5) is 0.218. The van der Waals surface area contributed by atoms with E-state index < -0.39 is 9.84 Å². The largest absolute Gasteiger partial charge is 0.332 e. The fourth-order valence-electron chi connectivity index (χ4n) is 0.662. The molecule has 0 aliphatic carbocycles. The van der Waals surface area contributed by atoms with E-state index in [1.54, 1.807) is 18.2 Å². The Labute approximate surface area is 70.7 Å². The van der Waals surface area contributed by atoms with Crippen molar-refractivity contribution < 1.29 is 8.42 Å². The summed E-state index contributed by atoms with van der Waals surface area (Å²) in [6.45, 7) is 0. The minimum Gasteiger partial charge on any atom is -0.332 e. The molecule has 0 amide bonds. The van der Waals surface area contributed by atoms with Gasteiger partial charge in [0.15, 0.2) is 0 Å². The van der Waals surface area contributed by atoms with Crippen LogP contribution in [0.15, 0.2) is 35.2 Å². The molecule has 0 saturated heterocycles. The molecule has 0 aliphatic heterocycles. The highest BCUT2D eigenvalue weighted by atomic mass is 35.5. The molecule has 2 nitrogen and oxygen atoms in total. The van der Waals surface area contributed by atoms with Gasteiger partial charge in [0.1, 0.15) is 0 Å². The Balaban J connectivity index is 3.14. The Kier molecular flexibility index (Phi) is 2.52. The third-order valence-electron chi connectivity index (χ3n) is 1.19. The van der Waals surface area contributed by atoms with Crippen molar-refractivity contribution in [1.29, 1.82) is 0 Å². The first-order chi connectivity index (χ1) is 5.17. The molecular formula is C7H6ClO2S-. The van der Waals surface area contributed by atoms with Gasteiger partial charge in [-0.25, -0.2) is 0 Å². The highest BCUT2D eigenvalue weighted by Gasteiger charge is 2.00. The van der Waals surface area contributed by atoms with Gasteiger partial charge in [0.25, 0.3) is 0 Å². The first kappa shape index (κ1) is 8.56.